The molecule has 3 aliphatic rings. The molecule has 0 aromatic carbocycles. The number of anilines is 1. The van der Waals surface area contributed by atoms with Crippen LogP contribution >= 0.6 is 0 Å². The first-order chi connectivity index (χ1) is 22.7. The van der Waals surface area contributed by atoms with Gasteiger partial charge in [-0.3, -0.25) is 19.5 Å². The summed E-state index contributed by atoms with van der Waals surface area (Å²) in [5, 5.41) is 43.4. The summed E-state index contributed by atoms with van der Waals surface area (Å²) in [5.41, 5.74) is -11.5. The summed E-state index contributed by atoms with van der Waals surface area (Å²) in [4.78, 5) is 31.2. The third-order valence-corrected chi connectivity index (χ3v) is 12.6. The van der Waals surface area contributed by atoms with Gasteiger partial charge in [-0.1, -0.05) is 13.8 Å². The van der Waals surface area contributed by atoms with Gasteiger partial charge in [0.15, 0.2) is 23.6 Å². The van der Waals surface area contributed by atoms with Crippen LogP contribution in [0.2, 0.25) is 0 Å². The van der Waals surface area contributed by atoms with E-state index in [9.17, 15) is 51.6 Å². The largest absolute Gasteiger partial charge is 0.500 e. The molecule has 0 aliphatic carbocycles. The standard InChI is InChI=1S/C28H42F3N5O12SSi/c1-11(2)17(40)34-23-33-16-13(18(41)36(23)19-15(39)14(38)12(9-37)45-19)32-10-35(16)21-26(42,49(43,44)28(29,30)31)20(46-24(3,4)5)27(47-21)22(50-27)48-25(6,7)8/h10-12,14-15,19-22,37-39,42H,9,50H2,1-8H3,(H,33,34,40)/t12-,14-,15+,19?,20+,21-,22?,26+,27-/m1/s1. The lowest BCUT2D eigenvalue weighted by molar-refractivity contribution is -0.148. The molecule has 2 unspecified atom stereocenters. The molecular formula is C28H42F3N5O12SSi. The zero-order chi connectivity index (χ0) is 37.7. The lowest BCUT2D eigenvalue weighted by Gasteiger charge is -2.37. The van der Waals surface area contributed by atoms with Gasteiger partial charge >= 0.3 is 5.51 Å². The predicted molar refractivity (Wildman–Crippen MR) is 169 cm³/mol. The molecule has 0 radical (unpaired) electrons. The monoisotopic (exact) mass is 757 g/mol. The van der Waals surface area contributed by atoms with Crippen LogP contribution in [0, 0.1) is 5.92 Å². The predicted octanol–water partition coefficient (Wildman–Crippen LogP) is -0.845. The fourth-order valence-electron chi connectivity index (χ4n) is 6.11. The van der Waals surface area contributed by atoms with Crippen molar-refractivity contribution in [2.24, 2.45) is 5.92 Å². The summed E-state index contributed by atoms with van der Waals surface area (Å²) in [6.07, 6.45) is -10.5. The summed E-state index contributed by atoms with van der Waals surface area (Å²) >= 11 is 0. The maximum atomic E-state index is 14.5. The lowest BCUT2D eigenvalue weighted by atomic mass is 10.1. The van der Waals surface area contributed by atoms with E-state index in [0.29, 0.717) is 9.13 Å². The first-order valence-electron chi connectivity index (χ1n) is 15.7. The van der Waals surface area contributed by atoms with Gasteiger partial charge in [0.05, 0.1) is 29.9 Å². The number of carbonyl (C=O) groups is 1. The Hall–Kier alpha value is -2.54. The van der Waals surface area contributed by atoms with E-state index in [1.54, 1.807) is 20.8 Å². The molecule has 0 saturated carbocycles. The maximum Gasteiger partial charge on any atom is 0.500 e. The Kier molecular flexibility index (Phi) is 9.49. The number of imidazole rings is 1. The van der Waals surface area contributed by atoms with Crippen LogP contribution in [-0.4, -0.2) is 127 Å². The maximum absolute atomic E-state index is 14.5. The summed E-state index contributed by atoms with van der Waals surface area (Å²) in [5.74, 6) is -2.09. The van der Waals surface area contributed by atoms with Gasteiger partial charge in [0.1, 0.15) is 39.2 Å². The van der Waals surface area contributed by atoms with Gasteiger partial charge in [-0.2, -0.15) is 18.2 Å². The van der Waals surface area contributed by atoms with Crippen LogP contribution in [0.1, 0.15) is 67.8 Å². The van der Waals surface area contributed by atoms with E-state index in [1.165, 1.54) is 34.6 Å². The van der Waals surface area contributed by atoms with Crippen LogP contribution < -0.4 is 10.9 Å². The molecule has 17 nitrogen and oxygen atoms in total. The number of sulfone groups is 1. The van der Waals surface area contributed by atoms with E-state index in [-0.39, 0.29) is 0 Å². The molecule has 50 heavy (non-hydrogen) atoms. The minimum absolute atomic E-state index is 0.625. The average Bonchev–Trinajstić information content (AvgIpc) is 3.20. The Balaban J connectivity index is 1.77. The number of halogens is 3. The molecule has 2 aromatic rings. The minimum Gasteiger partial charge on any atom is -0.394 e. The molecule has 2 aromatic heterocycles. The van der Waals surface area contributed by atoms with Gasteiger partial charge in [0.25, 0.3) is 15.4 Å². The number of fused-ring (bicyclic) bond motifs is 1. The van der Waals surface area contributed by atoms with Crippen molar-refractivity contribution in [2.45, 2.75) is 125 Å². The molecule has 1 spiro atoms. The highest BCUT2D eigenvalue weighted by atomic mass is 32.2. The van der Waals surface area contributed by atoms with Crippen molar-refractivity contribution < 1.29 is 65.8 Å². The number of aliphatic hydroxyl groups excluding tert-OH is 3. The minimum atomic E-state index is -6.60. The highest BCUT2D eigenvalue weighted by molar-refractivity contribution is 7.93. The zero-order valence-electron chi connectivity index (χ0n) is 28.5. The smallest absolute Gasteiger partial charge is 0.394 e. The molecule has 5 heterocycles. The second-order valence-electron chi connectivity index (χ2n) is 15.0. The number of aromatic nitrogens is 4. The number of nitrogens with one attached hydrogen (secondary N) is 1. The normalized spacial score (nSPS) is 34.0. The van der Waals surface area contributed by atoms with Crippen LogP contribution in [0.25, 0.3) is 11.2 Å². The molecular weight excluding hydrogens is 715 g/mol. The second kappa shape index (κ2) is 12.3. The van der Waals surface area contributed by atoms with Gasteiger partial charge in [-0.25, -0.2) is 18.0 Å². The lowest BCUT2D eigenvalue weighted by Crippen LogP contribution is -2.60. The summed E-state index contributed by atoms with van der Waals surface area (Å²) < 4.78 is 95.5. The highest BCUT2D eigenvalue weighted by Gasteiger charge is 2.83. The van der Waals surface area contributed by atoms with Crippen molar-refractivity contribution in [3.05, 3.63) is 16.7 Å². The quantitative estimate of drug-likeness (QED) is 0.207. The summed E-state index contributed by atoms with van der Waals surface area (Å²) in [7, 11) is -8.39. The van der Waals surface area contributed by atoms with Crippen LogP contribution in [0.3, 0.4) is 0 Å². The number of alkyl halides is 3. The average molecular weight is 758 g/mol. The van der Waals surface area contributed by atoms with E-state index in [1.807, 2.05) is 0 Å². The highest BCUT2D eigenvalue weighted by Crippen LogP contribution is 2.60. The molecule has 5 N–H and O–H groups in total. The van der Waals surface area contributed by atoms with E-state index < -0.39 is 130 Å². The summed E-state index contributed by atoms with van der Waals surface area (Å²) in [6, 6.07) is 0. The van der Waals surface area contributed by atoms with Crippen molar-refractivity contribution in [3.8, 4) is 0 Å². The van der Waals surface area contributed by atoms with E-state index >= 15 is 0 Å². The third kappa shape index (κ3) is 6.19. The summed E-state index contributed by atoms with van der Waals surface area (Å²) in [6.45, 7) is 11.6. The molecule has 1 amide bonds. The van der Waals surface area contributed by atoms with Crippen LogP contribution in [0.15, 0.2) is 11.1 Å². The van der Waals surface area contributed by atoms with Gasteiger partial charge in [-0.05, 0) is 41.5 Å². The fourth-order valence-corrected chi connectivity index (χ4v) is 9.89. The van der Waals surface area contributed by atoms with Gasteiger partial charge in [0.2, 0.25) is 16.8 Å². The van der Waals surface area contributed by atoms with Crippen LogP contribution in [0.4, 0.5) is 19.1 Å². The number of amides is 1. The van der Waals surface area contributed by atoms with Crippen molar-refractivity contribution in [3.63, 3.8) is 0 Å². The topological polar surface area (TPSA) is 234 Å². The Bertz CT molecular complexity index is 1830. The first-order valence-corrected chi connectivity index (χ1v) is 18.7. The number of rotatable bonds is 8. The number of carbonyl (C=O) groups excluding carboxylic acids is 1. The third-order valence-electron chi connectivity index (χ3n) is 8.51. The van der Waals surface area contributed by atoms with Crippen LogP contribution in [0.5, 0.6) is 0 Å². The van der Waals surface area contributed by atoms with Gasteiger partial charge in [-0.15, -0.1) is 0 Å². The number of nitrogens with zero attached hydrogens (tertiary/aromatic N) is 4. The van der Waals surface area contributed by atoms with E-state index in [2.05, 4.69) is 15.3 Å². The van der Waals surface area contributed by atoms with Crippen molar-refractivity contribution in [2.75, 3.05) is 11.9 Å². The Morgan fingerprint density at radius 3 is 2.22 bits per heavy atom. The molecule has 0 bridgehead atoms. The molecule has 9 atom stereocenters. The molecule has 3 aliphatic heterocycles. The van der Waals surface area contributed by atoms with Gasteiger partial charge < -0.3 is 39.4 Å². The van der Waals surface area contributed by atoms with E-state index in [4.69, 9.17) is 18.9 Å². The SMILES string of the molecule is CC(C)C(=O)Nc1nc2c(ncn2[C@@H]2O[C@@]3([SiH2]C3OC(C)(C)C)[C@@H](OC(C)(C)C)[C@]2(O)S(=O)(=O)C(F)(F)F)c(=O)n1C1O[C@H](CO)[C@@H](O)[C@@H]1O. The molecule has 3 saturated heterocycles. The van der Waals surface area contributed by atoms with Crippen molar-refractivity contribution in [1.29, 1.82) is 0 Å². The molecule has 5 rings (SSSR count). The first kappa shape index (κ1) is 38.7. The number of hydrogen-bond donors (Lipinski definition) is 5. The number of ether oxygens (including phenoxy) is 4. The Labute approximate surface area is 286 Å². The van der Waals surface area contributed by atoms with Crippen molar-refractivity contribution >= 4 is 42.4 Å². The van der Waals surface area contributed by atoms with Crippen LogP contribution in [-0.2, 0) is 33.6 Å². The number of hydrogen-bond acceptors (Lipinski definition) is 14. The zero-order valence-corrected chi connectivity index (χ0v) is 30.7. The number of aliphatic hydroxyl groups is 4. The fraction of sp³-hybridized carbons (Fsp3) is 0.786. The molecule has 3 fully saturated rings. The van der Waals surface area contributed by atoms with E-state index in [0.717, 1.165) is 6.33 Å². The van der Waals surface area contributed by atoms with Gasteiger partial charge in [0, 0.05) is 5.92 Å². The Morgan fingerprint density at radius 2 is 1.72 bits per heavy atom. The molecule has 282 valence electrons. The van der Waals surface area contributed by atoms with Crippen molar-refractivity contribution in [1.82, 2.24) is 19.1 Å². The molecule has 22 heteroatoms. The Morgan fingerprint density at radius 1 is 1.12 bits per heavy atom. The second-order valence-corrected chi connectivity index (χ2v) is 19.3.